The molecule has 24 heavy (non-hydrogen) atoms. The summed E-state index contributed by atoms with van der Waals surface area (Å²) in [6.45, 7) is 0. The van der Waals surface area contributed by atoms with Crippen molar-refractivity contribution in [2.24, 2.45) is 0 Å². The van der Waals surface area contributed by atoms with Crippen molar-refractivity contribution < 1.29 is 4.79 Å². The summed E-state index contributed by atoms with van der Waals surface area (Å²) in [7, 11) is 4.04. The summed E-state index contributed by atoms with van der Waals surface area (Å²) in [6, 6.07) is 16.0. The van der Waals surface area contributed by atoms with Crippen molar-refractivity contribution in [3.05, 3.63) is 65.9 Å². The van der Waals surface area contributed by atoms with Gasteiger partial charge >= 0.3 is 0 Å². The van der Waals surface area contributed by atoms with E-state index in [1.54, 1.807) is 0 Å². The van der Waals surface area contributed by atoms with Crippen molar-refractivity contribution in [1.29, 1.82) is 0 Å². The van der Waals surface area contributed by atoms with Gasteiger partial charge in [-0.05, 0) is 29.8 Å². The van der Waals surface area contributed by atoms with Crippen LogP contribution in [0.1, 0.15) is 24.3 Å². The fourth-order valence-electron chi connectivity index (χ4n) is 2.99. The van der Waals surface area contributed by atoms with Crippen LogP contribution in [0.25, 0.3) is 0 Å². The van der Waals surface area contributed by atoms with Gasteiger partial charge in [-0.1, -0.05) is 30.3 Å². The summed E-state index contributed by atoms with van der Waals surface area (Å²) in [5.74, 6) is 0.353. The van der Waals surface area contributed by atoms with Gasteiger partial charge in [0.2, 0.25) is 0 Å². The molecular formula is C20H23N3O. The van der Waals surface area contributed by atoms with Crippen LogP contribution in [0.3, 0.4) is 0 Å². The van der Waals surface area contributed by atoms with Crippen LogP contribution in [-0.4, -0.2) is 19.9 Å². The molecule has 0 spiro atoms. The summed E-state index contributed by atoms with van der Waals surface area (Å²) in [4.78, 5) is 14.3. The Morgan fingerprint density at radius 1 is 1.08 bits per heavy atom. The van der Waals surface area contributed by atoms with Gasteiger partial charge in [-0.25, -0.2) is 0 Å². The molecule has 124 valence electrons. The number of para-hydroxylation sites is 2. The molecular weight excluding hydrogens is 298 g/mol. The Morgan fingerprint density at radius 2 is 1.79 bits per heavy atom. The van der Waals surface area contributed by atoms with Crippen LogP contribution in [0.15, 0.2) is 60.3 Å². The van der Waals surface area contributed by atoms with Gasteiger partial charge in [-0.3, -0.25) is 4.79 Å². The molecule has 0 saturated heterocycles. The van der Waals surface area contributed by atoms with Gasteiger partial charge in [0.25, 0.3) is 0 Å². The number of rotatable bonds is 4. The van der Waals surface area contributed by atoms with Gasteiger partial charge in [-0.15, -0.1) is 0 Å². The number of hydrogen-bond acceptors (Lipinski definition) is 4. The van der Waals surface area contributed by atoms with Gasteiger partial charge in [0.1, 0.15) is 5.78 Å². The fraction of sp³-hybridized carbons (Fsp3) is 0.250. The fourth-order valence-corrected chi connectivity index (χ4v) is 2.99. The molecule has 4 heteroatoms. The Kier molecular flexibility index (Phi) is 4.56. The Labute approximate surface area is 143 Å². The van der Waals surface area contributed by atoms with Gasteiger partial charge in [0.15, 0.2) is 0 Å². The normalized spacial score (nSPS) is 17.3. The lowest BCUT2D eigenvalue weighted by Gasteiger charge is -2.23. The summed E-state index contributed by atoms with van der Waals surface area (Å²) < 4.78 is 0. The molecule has 2 aromatic rings. The monoisotopic (exact) mass is 321 g/mol. The van der Waals surface area contributed by atoms with E-state index in [0.29, 0.717) is 18.5 Å². The maximum Gasteiger partial charge on any atom is 0.139 e. The molecule has 0 saturated carbocycles. The number of carbonyl (C=O) groups is 1. The minimum atomic E-state index is 0.106. The third-order valence-electron chi connectivity index (χ3n) is 4.33. The third-order valence-corrected chi connectivity index (χ3v) is 4.33. The molecule has 1 aliphatic carbocycles. The van der Waals surface area contributed by atoms with Crippen LogP contribution < -0.4 is 16.0 Å². The molecule has 0 fully saturated rings. The topological polar surface area (TPSA) is 58.4 Å². The number of carbonyl (C=O) groups excluding carboxylic acids is 1. The number of Topliss-reactive ketones (excluding diaryl/α,β-unsaturated/α-hetero) is 1. The molecule has 3 rings (SSSR count). The van der Waals surface area contributed by atoms with E-state index in [9.17, 15) is 4.79 Å². The Morgan fingerprint density at radius 3 is 2.46 bits per heavy atom. The zero-order valence-corrected chi connectivity index (χ0v) is 14.1. The average molecular weight is 321 g/mol. The van der Waals surface area contributed by atoms with Crippen LogP contribution in [0.4, 0.5) is 17.1 Å². The minimum absolute atomic E-state index is 0.106. The largest absolute Gasteiger partial charge is 0.397 e. The Bertz CT molecular complexity index is 763. The van der Waals surface area contributed by atoms with E-state index in [1.165, 1.54) is 0 Å². The zero-order chi connectivity index (χ0) is 17.1. The predicted molar refractivity (Wildman–Crippen MR) is 100 cm³/mol. The molecule has 4 nitrogen and oxygen atoms in total. The summed E-state index contributed by atoms with van der Waals surface area (Å²) in [5, 5.41) is 3.32. The van der Waals surface area contributed by atoms with E-state index in [1.807, 2.05) is 38.4 Å². The number of nitrogens with zero attached hydrogens (tertiary/aromatic N) is 1. The maximum atomic E-state index is 12.2. The van der Waals surface area contributed by atoms with Gasteiger partial charge in [0, 0.05) is 44.2 Å². The van der Waals surface area contributed by atoms with Gasteiger partial charge in [-0.2, -0.15) is 0 Å². The number of nitrogens with two attached hydrogens (primary N) is 1. The first-order valence-corrected chi connectivity index (χ1v) is 8.14. The highest BCUT2D eigenvalue weighted by Gasteiger charge is 2.22. The third kappa shape index (κ3) is 3.59. The molecule has 1 unspecified atom stereocenters. The quantitative estimate of drug-likeness (QED) is 0.842. The SMILES string of the molecule is CN(C)c1ccc(C2C=C(Nc3ccccc3N)CC(=O)C2)cc1. The van der Waals surface area contributed by atoms with Crippen LogP contribution in [0.2, 0.25) is 0 Å². The average Bonchev–Trinajstić information content (AvgIpc) is 2.56. The smallest absolute Gasteiger partial charge is 0.139 e. The number of benzene rings is 2. The van der Waals surface area contributed by atoms with E-state index in [4.69, 9.17) is 5.73 Å². The standard InChI is InChI=1S/C20H23N3O/c1-23(2)17-9-7-14(8-10-17)15-11-16(13-18(24)12-15)22-20-6-4-3-5-19(20)21/h3-11,15,22H,12-13,21H2,1-2H3. The first-order chi connectivity index (χ1) is 11.5. The molecule has 0 heterocycles. The highest BCUT2D eigenvalue weighted by atomic mass is 16.1. The van der Waals surface area contributed by atoms with E-state index in [-0.39, 0.29) is 11.7 Å². The second-order valence-electron chi connectivity index (χ2n) is 6.42. The number of nitrogens with one attached hydrogen (secondary N) is 1. The van der Waals surface area contributed by atoms with E-state index < -0.39 is 0 Å². The van der Waals surface area contributed by atoms with E-state index >= 15 is 0 Å². The van der Waals surface area contributed by atoms with Crippen molar-refractivity contribution in [1.82, 2.24) is 0 Å². The Hall–Kier alpha value is -2.75. The summed E-state index contributed by atoms with van der Waals surface area (Å²) >= 11 is 0. The van der Waals surface area contributed by atoms with Crippen molar-refractivity contribution >= 4 is 22.8 Å². The highest BCUT2D eigenvalue weighted by Crippen LogP contribution is 2.31. The van der Waals surface area contributed by atoms with Crippen LogP contribution in [0.5, 0.6) is 0 Å². The maximum absolute atomic E-state index is 12.2. The van der Waals surface area contributed by atoms with E-state index in [0.717, 1.165) is 22.6 Å². The molecule has 1 atom stereocenters. The molecule has 0 aromatic heterocycles. The van der Waals surface area contributed by atoms with Gasteiger partial charge < -0.3 is 16.0 Å². The van der Waals surface area contributed by atoms with Crippen molar-refractivity contribution in [2.75, 3.05) is 30.0 Å². The van der Waals surface area contributed by atoms with Crippen LogP contribution in [-0.2, 0) is 4.79 Å². The molecule has 0 amide bonds. The predicted octanol–water partition coefficient (Wildman–Crippen LogP) is 3.78. The number of hydrogen-bond donors (Lipinski definition) is 2. The number of allylic oxidation sites excluding steroid dienone is 2. The lowest BCUT2D eigenvalue weighted by atomic mass is 9.87. The van der Waals surface area contributed by atoms with Crippen LogP contribution in [0, 0.1) is 0 Å². The number of nitrogen functional groups attached to an aromatic ring is 1. The zero-order valence-electron chi connectivity index (χ0n) is 14.1. The Balaban J connectivity index is 1.83. The molecule has 0 aliphatic heterocycles. The van der Waals surface area contributed by atoms with Crippen molar-refractivity contribution in [2.45, 2.75) is 18.8 Å². The minimum Gasteiger partial charge on any atom is -0.397 e. The van der Waals surface area contributed by atoms with Crippen molar-refractivity contribution in [3.63, 3.8) is 0 Å². The summed E-state index contributed by atoms with van der Waals surface area (Å²) in [6.07, 6.45) is 3.13. The molecule has 0 bridgehead atoms. The van der Waals surface area contributed by atoms with E-state index in [2.05, 4.69) is 40.6 Å². The second-order valence-corrected chi connectivity index (χ2v) is 6.42. The number of ketones is 1. The van der Waals surface area contributed by atoms with Crippen molar-refractivity contribution in [3.8, 4) is 0 Å². The number of anilines is 3. The second kappa shape index (κ2) is 6.79. The van der Waals surface area contributed by atoms with Crippen LogP contribution >= 0.6 is 0 Å². The lowest BCUT2D eigenvalue weighted by Crippen LogP contribution is -2.17. The molecule has 1 aliphatic rings. The summed E-state index contributed by atoms with van der Waals surface area (Å²) in [5.41, 5.74) is 10.8. The first-order valence-electron chi connectivity index (χ1n) is 8.14. The highest BCUT2D eigenvalue weighted by molar-refractivity contribution is 5.85. The molecule has 0 radical (unpaired) electrons. The lowest BCUT2D eigenvalue weighted by molar-refractivity contribution is -0.118. The van der Waals surface area contributed by atoms with Gasteiger partial charge in [0.05, 0.1) is 11.4 Å². The first kappa shape index (κ1) is 16.1. The molecule has 3 N–H and O–H groups in total. The molecule has 2 aromatic carbocycles.